The van der Waals surface area contributed by atoms with Crippen molar-refractivity contribution in [3.8, 4) is 0 Å². The summed E-state index contributed by atoms with van der Waals surface area (Å²) in [7, 11) is -3.69. The number of aromatic nitrogens is 1. The lowest BCUT2D eigenvalue weighted by atomic mass is 10.0. The van der Waals surface area contributed by atoms with Crippen LogP contribution in [0, 0.1) is 6.92 Å². The molecule has 1 heterocycles. The normalized spacial score (nSPS) is 15.1. The van der Waals surface area contributed by atoms with Crippen LogP contribution < -0.4 is 5.48 Å². The van der Waals surface area contributed by atoms with Crippen molar-refractivity contribution >= 4 is 15.7 Å². The van der Waals surface area contributed by atoms with Crippen molar-refractivity contribution in [1.29, 1.82) is 0 Å². The van der Waals surface area contributed by atoms with Crippen molar-refractivity contribution in [2.45, 2.75) is 24.5 Å². The fourth-order valence-corrected chi connectivity index (χ4v) is 2.28. The fourth-order valence-electron chi connectivity index (χ4n) is 1.43. The lowest BCUT2D eigenvalue weighted by Crippen LogP contribution is -2.49. The van der Waals surface area contributed by atoms with E-state index in [2.05, 4.69) is 12.1 Å². The Morgan fingerprint density at radius 3 is 2.67 bits per heavy atom. The molecule has 1 aromatic rings. The molecule has 1 unspecified atom stereocenters. The third-order valence-electron chi connectivity index (χ3n) is 2.87. The summed E-state index contributed by atoms with van der Waals surface area (Å²) in [4.78, 5) is 11.5. The van der Waals surface area contributed by atoms with E-state index in [1.165, 1.54) is 12.4 Å². The summed E-state index contributed by atoms with van der Waals surface area (Å²) >= 11 is 0. The van der Waals surface area contributed by atoms with Gasteiger partial charge in [-0.2, -0.15) is 0 Å². The second kappa shape index (κ2) is 5.07. The van der Waals surface area contributed by atoms with Gasteiger partial charge in [0.1, 0.15) is 10.5 Å². The smallest absolute Gasteiger partial charge is 0.264 e. The molecule has 0 bridgehead atoms. The van der Waals surface area contributed by atoms with Crippen molar-refractivity contribution in [3.63, 3.8) is 0 Å². The number of carbonyl (C=O) groups is 1. The molecule has 0 fully saturated rings. The Bertz CT molecular complexity index is 536. The van der Waals surface area contributed by atoms with Gasteiger partial charge in [0.25, 0.3) is 5.91 Å². The van der Waals surface area contributed by atoms with Crippen molar-refractivity contribution < 1.29 is 22.9 Å². The first-order valence-corrected chi connectivity index (χ1v) is 7.01. The number of nitrogens with zero attached hydrogens (tertiary/aromatic N) is 1. The van der Waals surface area contributed by atoms with E-state index >= 15 is 0 Å². The van der Waals surface area contributed by atoms with Gasteiger partial charge in [-0.15, -0.1) is 0 Å². The maximum absolute atomic E-state index is 11.7. The highest BCUT2D eigenvalue weighted by Gasteiger charge is 2.43. The number of aryl methyl sites for hydroxylation is 1. The largest absolute Gasteiger partial charge is 0.361 e. The first kappa shape index (κ1) is 14.7. The molecule has 0 spiro atoms. The van der Waals surface area contributed by atoms with E-state index in [0.717, 1.165) is 6.26 Å². The Kier molecular flexibility index (Phi) is 4.12. The predicted molar refractivity (Wildman–Crippen MR) is 62.5 cm³/mol. The maximum atomic E-state index is 11.7. The minimum atomic E-state index is -3.69. The molecule has 0 aliphatic carbocycles. The Balaban J connectivity index is 2.91. The number of nitrogens with one attached hydrogen (secondary N) is 1. The Morgan fingerprint density at radius 2 is 2.28 bits per heavy atom. The van der Waals surface area contributed by atoms with Crippen LogP contribution in [0.25, 0.3) is 0 Å². The van der Waals surface area contributed by atoms with Gasteiger partial charge < -0.3 is 4.52 Å². The molecule has 0 aliphatic heterocycles. The maximum Gasteiger partial charge on any atom is 0.264 e. The van der Waals surface area contributed by atoms with Crippen LogP contribution in [-0.4, -0.2) is 35.7 Å². The van der Waals surface area contributed by atoms with Gasteiger partial charge in [0.2, 0.25) is 0 Å². The zero-order valence-corrected chi connectivity index (χ0v) is 11.0. The molecule has 8 heteroatoms. The molecule has 1 aromatic heterocycles. The summed E-state index contributed by atoms with van der Waals surface area (Å²) in [5.74, 6) is -0.610. The molecule has 0 saturated carbocycles. The number of hydrogen-bond donors (Lipinski definition) is 2. The Morgan fingerprint density at radius 1 is 1.67 bits per heavy atom. The molecule has 0 saturated heterocycles. The quantitative estimate of drug-likeness (QED) is 0.582. The van der Waals surface area contributed by atoms with Crippen LogP contribution in [0.2, 0.25) is 0 Å². The van der Waals surface area contributed by atoms with Gasteiger partial charge in [-0.05, 0) is 19.8 Å². The topological polar surface area (TPSA) is 110 Å². The van der Waals surface area contributed by atoms with Crippen LogP contribution >= 0.6 is 0 Å². The van der Waals surface area contributed by atoms with E-state index < -0.39 is 20.5 Å². The van der Waals surface area contributed by atoms with Gasteiger partial charge in [0.05, 0.1) is 5.69 Å². The molecule has 2 N–H and O–H groups in total. The minimum Gasteiger partial charge on any atom is -0.361 e. The van der Waals surface area contributed by atoms with Gasteiger partial charge >= 0.3 is 0 Å². The average Bonchev–Trinajstić information content (AvgIpc) is 2.69. The van der Waals surface area contributed by atoms with E-state index in [0.29, 0.717) is 11.5 Å². The number of sulfone groups is 1. The standard InChI is InChI=1S/C10H15N2O5S/c1-7-6-8(12-17-7)4-5-10(2,9(13)11-14)18(3,15)16/h6,14H,1,4-5H2,2-3H3,(H,11,13). The number of carbonyl (C=O) groups excluding carboxylic acids is 1. The van der Waals surface area contributed by atoms with E-state index in [1.54, 1.807) is 6.07 Å². The predicted octanol–water partition coefficient (Wildman–Crippen LogP) is 0.0981. The molecular formula is C10H15N2O5S. The molecule has 101 valence electrons. The van der Waals surface area contributed by atoms with E-state index in [4.69, 9.17) is 9.73 Å². The van der Waals surface area contributed by atoms with Crippen molar-refractivity contribution in [3.05, 3.63) is 24.4 Å². The second-order valence-electron chi connectivity index (χ2n) is 4.23. The van der Waals surface area contributed by atoms with Gasteiger partial charge in [-0.1, -0.05) is 5.16 Å². The van der Waals surface area contributed by atoms with Crippen LogP contribution in [-0.2, 0) is 21.1 Å². The van der Waals surface area contributed by atoms with Crippen molar-refractivity contribution in [2.75, 3.05) is 6.26 Å². The molecule has 1 radical (unpaired) electrons. The van der Waals surface area contributed by atoms with Gasteiger partial charge in [-0.3, -0.25) is 10.0 Å². The summed E-state index contributed by atoms with van der Waals surface area (Å²) in [5, 5.41) is 12.3. The number of hydroxylamine groups is 1. The third kappa shape index (κ3) is 2.88. The molecule has 0 aliphatic rings. The fraction of sp³-hybridized carbons (Fsp3) is 0.500. The molecular weight excluding hydrogens is 260 g/mol. The van der Waals surface area contributed by atoms with Gasteiger partial charge in [0, 0.05) is 19.2 Å². The van der Waals surface area contributed by atoms with E-state index in [9.17, 15) is 13.2 Å². The summed E-state index contributed by atoms with van der Waals surface area (Å²) in [6.07, 6.45) is 1.14. The summed E-state index contributed by atoms with van der Waals surface area (Å²) in [6.45, 7) is 4.77. The van der Waals surface area contributed by atoms with Crippen molar-refractivity contribution in [2.24, 2.45) is 0 Å². The van der Waals surface area contributed by atoms with E-state index in [-0.39, 0.29) is 12.8 Å². The number of hydrogen-bond acceptors (Lipinski definition) is 6. The molecule has 0 aromatic carbocycles. The van der Waals surface area contributed by atoms with Crippen LogP contribution in [0.4, 0.5) is 0 Å². The molecule has 1 atom stereocenters. The second-order valence-corrected chi connectivity index (χ2v) is 6.67. The van der Waals surface area contributed by atoms with Crippen LogP contribution in [0.15, 0.2) is 10.6 Å². The molecule has 7 nitrogen and oxygen atoms in total. The SMILES string of the molecule is [CH2]c1cc(CCC(C)(C(=O)NO)S(C)(=O)=O)no1. The zero-order valence-electron chi connectivity index (χ0n) is 10.1. The number of amides is 1. The minimum absolute atomic E-state index is 0.0236. The van der Waals surface area contributed by atoms with Crippen LogP contribution in [0.5, 0.6) is 0 Å². The summed E-state index contributed by atoms with van der Waals surface area (Å²) in [6, 6.07) is 1.56. The zero-order chi connectivity index (χ0) is 14.0. The highest BCUT2D eigenvalue weighted by molar-refractivity contribution is 7.92. The van der Waals surface area contributed by atoms with Gasteiger partial charge in [0.15, 0.2) is 9.84 Å². The Labute approximate surface area is 105 Å². The number of rotatable bonds is 5. The molecule has 18 heavy (non-hydrogen) atoms. The molecule has 1 rings (SSSR count). The van der Waals surface area contributed by atoms with Crippen LogP contribution in [0.3, 0.4) is 0 Å². The van der Waals surface area contributed by atoms with Crippen molar-refractivity contribution in [1.82, 2.24) is 10.6 Å². The van der Waals surface area contributed by atoms with E-state index in [1.807, 2.05) is 0 Å². The third-order valence-corrected chi connectivity index (χ3v) is 4.89. The van der Waals surface area contributed by atoms with Crippen LogP contribution in [0.1, 0.15) is 24.8 Å². The first-order valence-electron chi connectivity index (χ1n) is 5.12. The van der Waals surface area contributed by atoms with Gasteiger partial charge in [-0.25, -0.2) is 13.9 Å². The monoisotopic (exact) mass is 275 g/mol. The average molecular weight is 275 g/mol. The summed E-state index contributed by atoms with van der Waals surface area (Å²) in [5.41, 5.74) is 1.88. The lowest BCUT2D eigenvalue weighted by molar-refractivity contribution is -0.131. The lowest BCUT2D eigenvalue weighted by Gasteiger charge is -2.24. The first-order chi connectivity index (χ1) is 8.20. The summed E-state index contributed by atoms with van der Waals surface area (Å²) < 4.78 is 26.3. The Hall–Kier alpha value is -1.41. The highest BCUT2D eigenvalue weighted by atomic mass is 32.2. The molecule has 1 amide bonds. The highest BCUT2D eigenvalue weighted by Crippen LogP contribution is 2.23.